The zero-order valence-corrected chi connectivity index (χ0v) is 24.3. The summed E-state index contributed by atoms with van der Waals surface area (Å²) in [7, 11) is 0. The molecule has 4 aliphatic rings. The number of thioether (sulfide) groups is 1. The summed E-state index contributed by atoms with van der Waals surface area (Å²) in [4.78, 5) is 0. The molecule has 45 heavy (non-hydrogen) atoms. The van der Waals surface area contributed by atoms with E-state index in [0.29, 0.717) is 11.8 Å². The van der Waals surface area contributed by atoms with Crippen LogP contribution in [-0.4, -0.2) is 219 Å². The van der Waals surface area contributed by atoms with Crippen LogP contribution in [0.1, 0.15) is 0 Å². The SMILES string of the molecule is OC[C@H]1O[C@H](O[C@H]2[C@H](O)[C@@H](O)[C@@H](S[C@H]3[C@H](O)[C@@H](O)[C@H](O[C@H]4[C@H](O)[C@@H](O)[C@H](O)O[C@@H]4CO)O[C@@H]3CO)O[C@@H]2CO)[C@H](O)[C@@H](O)[C@@H]1O. The summed E-state index contributed by atoms with van der Waals surface area (Å²) in [6.07, 6.45) is -30.5. The van der Waals surface area contributed by atoms with E-state index in [-0.39, 0.29) is 0 Å². The maximum absolute atomic E-state index is 11.0. The highest BCUT2D eigenvalue weighted by atomic mass is 32.2. The Morgan fingerprint density at radius 2 is 0.889 bits per heavy atom. The fourth-order valence-electron chi connectivity index (χ4n) is 5.55. The van der Waals surface area contributed by atoms with Crippen LogP contribution in [0.2, 0.25) is 0 Å². The molecule has 20 nitrogen and oxygen atoms in total. The van der Waals surface area contributed by atoms with Crippen LogP contribution < -0.4 is 0 Å². The summed E-state index contributed by atoms with van der Waals surface area (Å²) in [5, 5.41) is 141. The molecule has 0 bridgehead atoms. The average Bonchev–Trinajstić information content (AvgIpc) is 3.03. The molecule has 0 spiro atoms. The minimum absolute atomic E-state index is 0.601. The first-order valence-electron chi connectivity index (χ1n) is 14.1. The molecule has 0 radical (unpaired) electrons. The van der Waals surface area contributed by atoms with Crippen LogP contribution in [0.4, 0.5) is 0 Å². The van der Waals surface area contributed by atoms with Crippen molar-refractivity contribution >= 4 is 11.8 Å². The van der Waals surface area contributed by atoms with E-state index in [0.717, 1.165) is 0 Å². The summed E-state index contributed by atoms with van der Waals surface area (Å²) in [6.45, 7) is -3.18. The highest BCUT2D eigenvalue weighted by molar-refractivity contribution is 8.00. The van der Waals surface area contributed by atoms with Crippen molar-refractivity contribution in [2.75, 3.05) is 26.4 Å². The second-order valence-electron chi connectivity index (χ2n) is 11.1. The number of aliphatic hydroxyl groups excluding tert-OH is 14. The number of aliphatic hydroxyl groups is 14. The molecule has 0 saturated carbocycles. The summed E-state index contributed by atoms with van der Waals surface area (Å²) in [5.74, 6) is 0. The third kappa shape index (κ3) is 7.59. The normalized spacial score (nSPS) is 52.9. The van der Waals surface area contributed by atoms with Gasteiger partial charge < -0.3 is 99.9 Å². The van der Waals surface area contributed by atoms with E-state index in [1.165, 1.54) is 0 Å². The molecular weight excluding hydrogens is 640 g/mol. The van der Waals surface area contributed by atoms with Crippen molar-refractivity contribution in [2.24, 2.45) is 0 Å². The van der Waals surface area contributed by atoms with Gasteiger partial charge in [0.2, 0.25) is 0 Å². The van der Waals surface area contributed by atoms with Gasteiger partial charge >= 0.3 is 0 Å². The Bertz CT molecular complexity index is 916. The van der Waals surface area contributed by atoms with Gasteiger partial charge in [0.1, 0.15) is 84.8 Å². The van der Waals surface area contributed by atoms with E-state index in [1.807, 2.05) is 0 Å². The Morgan fingerprint density at radius 3 is 1.42 bits per heavy atom. The number of rotatable bonds is 10. The van der Waals surface area contributed by atoms with Gasteiger partial charge in [-0.25, -0.2) is 0 Å². The topological polar surface area (TPSA) is 339 Å². The number of hydrogen-bond acceptors (Lipinski definition) is 21. The van der Waals surface area contributed by atoms with E-state index in [4.69, 9.17) is 28.4 Å². The van der Waals surface area contributed by atoms with Crippen LogP contribution in [0.3, 0.4) is 0 Å². The lowest BCUT2D eigenvalue weighted by Gasteiger charge is -2.48. The van der Waals surface area contributed by atoms with Crippen molar-refractivity contribution in [3.05, 3.63) is 0 Å². The molecule has 264 valence electrons. The molecule has 0 unspecified atom stereocenters. The van der Waals surface area contributed by atoms with Crippen LogP contribution in [0.15, 0.2) is 0 Å². The molecule has 0 amide bonds. The van der Waals surface area contributed by atoms with E-state index in [9.17, 15) is 71.5 Å². The Hall–Kier alpha value is -0.450. The van der Waals surface area contributed by atoms with Gasteiger partial charge in [0.25, 0.3) is 0 Å². The lowest BCUT2D eigenvalue weighted by atomic mass is 9.97. The summed E-state index contributed by atoms with van der Waals surface area (Å²) in [5.41, 5.74) is -1.46. The lowest BCUT2D eigenvalue weighted by molar-refractivity contribution is -0.344. The predicted molar refractivity (Wildman–Crippen MR) is 140 cm³/mol. The Morgan fingerprint density at radius 1 is 0.422 bits per heavy atom. The maximum Gasteiger partial charge on any atom is 0.187 e. The zero-order valence-electron chi connectivity index (χ0n) is 23.5. The first-order valence-corrected chi connectivity index (χ1v) is 15.1. The zero-order chi connectivity index (χ0) is 33.3. The molecule has 21 heteroatoms. The molecule has 0 aromatic rings. The van der Waals surface area contributed by atoms with Gasteiger partial charge in [0.15, 0.2) is 18.9 Å². The summed E-state index contributed by atoms with van der Waals surface area (Å²) in [6, 6.07) is 0. The fourth-order valence-corrected chi connectivity index (χ4v) is 7.03. The van der Waals surface area contributed by atoms with E-state index in [2.05, 4.69) is 0 Å². The van der Waals surface area contributed by atoms with Gasteiger partial charge in [-0.15, -0.1) is 11.8 Å². The van der Waals surface area contributed by atoms with Crippen LogP contribution in [0.5, 0.6) is 0 Å². The number of hydrogen-bond donors (Lipinski definition) is 14. The fraction of sp³-hybridized carbons (Fsp3) is 1.00. The van der Waals surface area contributed by atoms with Crippen molar-refractivity contribution in [2.45, 2.75) is 121 Å². The van der Waals surface area contributed by atoms with Crippen LogP contribution in [-0.2, 0) is 28.4 Å². The molecule has 14 N–H and O–H groups in total. The predicted octanol–water partition coefficient (Wildman–Crippen LogP) is -9.03. The first kappa shape index (κ1) is 37.4. The van der Waals surface area contributed by atoms with Crippen LogP contribution in [0.25, 0.3) is 0 Å². The molecule has 4 rings (SSSR count). The summed E-state index contributed by atoms with van der Waals surface area (Å²) < 4.78 is 32.6. The molecule has 0 aromatic heterocycles. The smallest absolute Gasteiger partial charge is 0.187 e. The Balaban J connectivity index is 1.43. The van der Waals surface area contributed by atoms with Gasteiger partial charge in [-0.05, 0) is 0 Å². The molecule has 4 fully saturated rings. The summed E-state index contributed by atoms with van der Waals surface area (Å²) >= 11 is 0.601. The Labute approximate surface area is 259 Å². The second kappa shape index (κ2) is 15.8. The van der Waals surface area contributed by atoms with Crippen molar-refractivity contribution < 1.29 is 99.9 Å². The lowest BCUT2D eigenvalue weighted by Crippen LogP contribution is -2.65. The quantitative estimate of drug-likeness (QED) is 0.102. The van der Waals surface area contributed by atoms with Crippen LogP contribution in [0, 0.1) is 0 Å². The molecule has 4 aliphatic heterocycles. The standard InChI is InChI=1S/C24H42O20S/c25-1-5-9(29)10(30)15(35)22(40-5)44-19-7(3-27)42-24(17(37)12(19)32)45-20-8(4-28)41-23(16(36)13(20)33)43-18-6(2-26)39-21(38)14(34)11(18)31/h5-38H,1-4H2/t5-,6-,7-,8-,9-,10+,11-,12-,13-,14-,15-,16-,17-,18-,19-,20-,21-,22-,23+,24-/m1/s1. The minimum atomic E-state index is -1.90. The van der Waals surface area contributed by atoms with E-state index in [1.54, 1.807) is 0 Å². The van der Waals surface area contributed by atoms with Crippen molar-refractivity contribution in [1.82, 2.24) is 0 Å². The van der Waals surface area contributed by atoms with Crippen LogP contribution >= 0.6 is 11.8 Å². The molecule has 0 aliphatic carbocycles. The second-order valence-corrected chi connectivity index (χ2v) is 12.4. The highest BCUT2D eigenvalue weighted by Crippen LogP contribution is 2.40. The third-order valence-corrected chi connectivity index (χ3v) is 9.76. The molecular formula is C24H42O20S. The van der Waals surface area contributed by atoms with Crippen molar-refractivity contribution in [1.29, 1.82) is 0 Å². The van der Waals surface area contributed by atoms with Gasteiger partial charge in [-0.2, -0.15) is 0 Å². The van der Waals surface area contributed by atoms with E-state index < -0.39 is 148 Å². The molecule has 4 heterocycles. The molecule has 4 saturated heterocycles. The number of ether oxygens (including phenoxy) is 6. The Kier molecular flexibility index (Phi) is 13.2. The molecule has 20 atom stereocenters. The average molecular weight is 683 g/mol. The van der Waals surface area contributed by atoms with Gasteiger partial charge in [-0.1, -0.05) is 0 Å². The highest BCUT2D eigenvalue weighted by Gasteiger charge is 2.54. The first-order chi connectivity index (χ1) is 21.3. The van der Waals surface area contributed by atoms with Gasteiger partial charge in [0.05, 0.1) is 43.9 Å². The maximum atomic E-state index is 11.0. The monoisotopic (exact) mass is 682 g/mol. The minimum Gasteiger partial charge on any atom is -0.394 e. The largest absolute Gasteiger partial charge is 0.394 e. The molecule has 0 aromatic carbocycles. The van der Waals surface area contributed by atoms with Gasteiger partial charge in [-0.3, -0.25) is 0 Å². The van der Waals surface area contributed by atoms with Gasteiger partial charge in [0, 0.05) is 0 Å². The van der Waals surface area contributed by atoms with E-state index >= 15 is 0 Å². The van der Waals surface area contributed by atoms with Crippen molar-refractivity contribution in [3.63, 3.8) is 0 Å². The third-order valence-electron chi connectivity index (χ3n) is 8.20. The van der Waals surface area contributed by atoms with Crippen molar-refractivity contribution in [3.8, 4) is 0 Å².